The predicted molar refractivity (Wildman–Crippen MR) is 89.7 cm³/mol. The topological polar surface area (TPSA) is 28.2 Å². The first-order valence-electron chi connectivity index (χ1n) is 7.96. The molecule has 3 heteroatoms. The highest BCUT2D eigenvalue weighted by Gasteiger charge is 2.24. The molecule has 1 N–H and O–H groups in total. The number of aromatic nitrogens is 1. The average Bonchev–Trinajstić information content (AvgIpc) is 3.28. The molecular weight excluding hydrogens is 258 g/mol. The lowest BCUT2D eigenvalue weighted by Crippen LogP contribution is -2.26. The number of nitrogens with one attached hydrogen (secondary N) is 1. The standard InChI is InChI=1S/C18H25N3/c1-13(2)19-11-16-10-15-6-4-5-7-17(15)20-18(16)21(3)12-14-8-9-14/h4-7,10,13-14,19H,8-9,11-12H2,1-3H3. The van der Waals surface area contributed by atoms with E-state index in [0.717, 1.165) is 30.3 Å². The number of fused-ring (bicyclic) bond motifs is 1. The van der Waals surface area contributed by atoms with E-state index in [4.69, 9.17) is 4.98 Å². The minimum atomic E-state index is 0.484. The van der Waals surface area contributed by atoms with Gasteiger partial charge in [-0.2, -0.15) is 0 Å². The molecule has 1 heterocycles. The second-order valence-electron chi connectivity index (χ2n) is 6.52. The largest absolute Gasteiger partial charge is 0.359 e. The Hall–Kier alpha value is -1.61. The van der Waals surface area contributed by atoms with Gasteiger partial charge in [-0.3, -0.25) is 0 Å². The second kappa shape index (κ2) is 6.02. The summed E-state index contributed by atoms with van der Waals surface area (Å²) >= 11 is 0. The molecule has 1 saturated carbocycles. The predicted octanol–water partition coefficient (Wildman–Crippen LogP) is 3.58. The van der Waals surface area contributed by atoms with Crippen molar-refractivity contribution >= 4 is 16.7 Å². The number of rotatable bonds is 6. The van der Waals surface area contributed by atoms with Crippen molar-refractivity contribution in [3.8, 4) is 0 Å². The number of hydrogen-bond acceptors (Lipinski definition) is 3. The van der Waals surface area contributed by atoms with Gasteiger partial charge < -0.3 is 10.2 Å². The van der Waals surface area contributed by atoms with Gasteiger partial charge in [-0.25, -0.2) is 4.98 Å². The van der Waals surface area contributed by atoms with Gasteiger partial charge in [0.05, 0.1) is 5.52 Å². The van der Waals surface area contributed by atoms with Crippen LogP contribution < -0.4 is 10.2 Å². The highest BCUT2D eigenvalue weighted by molar-refractivity contribution is 5.81. The Morgan fingerprint density at radius 2 is 2.05 bits per heavy atom. The van der Waals surface area contributed by atoms with Crippen LogP contribution in [0.3, 0.4) is 0 Å². The summed E-state index contributed by atoms with van der Waals surface area (Å²) in [6.07, 6.45) is 2.75. The van der Waals surface area contributed by atoms with Crippen LogP contribution in [0.15, 0.2) is 30.3 Å². The molecule has 1 aromatic carbocycles. The van der Waals surface area contributed by atoms with Crippen molar-refractivity contribution < 1.29 is 0 Å². The molecule has 0 aliphatic heterocycles. The molecular formula is C18H25N3. The van der Waals surface area contributed by atoms with Gasteiger partial charge in [0.25, 0.3) is 0 Å². The van der Waals surface area contributed by atoms with Crippen LogP contribution in [0.1, 0.15) is 32.3 Å². The minimum Gasteiger partial charge on any atom is -0.359 e. The van der Waals surface area contributed by atoms with E-state index >= 15 is 0 Å². The molecule has 3 rings (SSSR count). The lowest BCUT2D eigenvalue weighted by atomic mass is 10.1. The fourth-order valence-corrected chi connectivity index (χ4v) is 2.70. The lowest BCUT2D eigenvalue weighted by Gasteiger charge is -2.22. The van der Waals surface area contributed by atoms with E-state index in [0.29, 0.717) is 6.04 Å². The van der Waals surface area contributed by atoms with Crippen LogP contribution in [0.4, 0.5) is 5.82 Å². The number of anilines is 1. The summed E-state index contributed by atoms with van der Waals surface area (Å²) in [4.78, 5) is 7.25. The maximum Gasteiger partial charge on any atom is 0.133 e. The maximum absolute atomic E-state index is 4.92. The Labute approximate surface area is 127 Å². The zero-order valence-electron chi connectivity index (χ0n) is 13.3. The van der Waals surface area contributed by atoms with E-state index in [1.54, 1.807) is 0 Å². The van der Waals surface area contributed by atoms with E-state index in [1.165, 1.54) is 23.8 Å². The minimum absolute atomic E-state index is 0.484. The van der Waals surface area contributed by atoms with E-state index < -0.39 is 0 Å². The van der Waals surface area contributed by atoms with Gasteiger partial charge in [-0.15, -0.1) is 0 Å². The zero-order chi connectivity index (χ0) is 14.8. The number of para-hydroxylation sites is 1. The van der Waals surface area contributed by atoms with Crippen molar-refractivity contribution in [1.29, 1.82) is 0 Å². The van der Waals surface area contributed by atoms with E-state index in [2.05, 4.69) is 61.4 Å². The van der Waals surface area contributed by atoms with Gasteiger partial charge in [-0.1, -0.05) is 32.0 Å². The zero-order valence-corrected chi connectivity index (χ0v) is 13.3. The Morgan fingerprint density at radius 1 is 1.29 bits per heavy atom. The summed E-state index contributed by atoms with van der Waals surface area (Å²) in [6.45, 7) is 6.37. The second-order valence-corrected chi connectivity index (χ2v) is 6.52. The van der Waals surface area contributed by atoms with Crippen LogP contribution in [-0.2, 0) is 6.54 Å². The first kappa shape index (κ1) is 14.3. The Morgan fingerprint density at radius 3 is 2.76 bits per heavy atom. The van der Waals surface area contributed by atoms with Crippen LogP contribution in [0.5, 0.6) is 0 Å². The SMILES string of the molecule is CC(C)NCc1cc2ccccc2nc1N(C)CC1CC1. The molecule has 2 aromatic rings. The van der Waals surface area contributed by atoms with E-state index in [1.807, 2.05) is 0 Å². The highest BCUT2D eigenvalue weighted by Crippen LogP contribution is 2.32. The number of pyridine rings is 1. The molecule has 1 aromatic heterocycles. The van der Waals surface area contributed by atoms with Gasteiger partial charge in [0.2, 0.25) is 0 Å². The Balaban J connectivity index is 1.94. The molecule has 0 unspecified atom stereocenters. The number of nitrogens with zero attached hydrogens (tertiary/aromatic N) is 2. The third-order valence-corrected chi connectivity index (χ3v) is 4.07. The fourth-order valence-electron chi connectivity index (χ4n) is 2.70. The van der Waals surface area contributed by atoms with Crippen molar-refractivity contribution in [3.05, 3.63) is 35.9 Å². The maximum atomic E-state index is 4.92. The van der Waals surface area contributed by atoms with Gasteiger partial charge in [-0.05, 0) is 30.9 Å². The third kappa shape index (κ3) is 3.53. The Bertz CT molecular complexity index is 617. The molecule has 0 amide bonds. The number of benzene rings is 1. The number of hydrogen-bond donors (Lipinski definition) is 1. The molecule has 3 nitrogen and oxygen atoms in total. The van der Waals surface area contributed by atoms with Crippen molar-refractivity contribution in [2.75, 3.05) is 18.5 Å². The Kier molecular flexibility index (Phi) is 4.11. The van der Waals surface area contributed by atoms with Crippen LogP contribution in [0, 0.1) is 5.92 Å². The lowest BCUT2D eigenvalue weighted by molar-refractivity contribution is 0.587. The highest BCUT2D eigenvalue weighted by atomic mass is 15.2. The van der Waals surface area contributed by atoms with Crippen molar-refractivity contribution in [1.82, 2.24) is 10.3 Å². The molecule has 1 aliphatic rings. The van der Waals surface area contributed by atoms with Gasteiger partial charge in [0, 0.05) is 37.1 Å². The molecule has 1 fully saturated rings. The first-order valence-corrected chi connectivity index (χ1v) is 7.96. The molecule has 112 valence electrons. The van der Waals surface area contributed by atoms with Gasteiger partial charge in [0.1, 0.15) is 5.82 Å². The van der Waals surface area contributed by atoms with Crippen molar-refractivity contribution in [3.63, 3.8) is 0 Å². The van der Waals surface area contributed by atoms with E-state index in [9.17, 15) is 0 Å². The van der Waals surface area contributed by atoms with E-state index in [-0.39, 0.29) is 0 Å². The van der Waals surface area contributed by atoms with Crippen LogP contribution in [0.25, 0.3) is 10.9 Å². The van der Waals surface area contributed by atoms with Gasteiger partial charge in [0.15, 0.2) is 0 Å². The molecule has 1 aliphatic carbocycles. The summed E-state index contributed by atoms with van der Waals surface area (Å²) in [6, 6.07) is 11.2. The van der Waals surface area contributed by atoms with Crippen LogP contribution in [0.2, 0.25) is 0 Å². The monoisotopic (exact) mass is 283 g/mol. The molecule has 0 radical (unpaired) electrons. The van der Waals surface area contributed by atoms with Crippen LogP contribution >= 0.6 is 0 Å². The summed E-state index contributed by atoms with van der Waals surface area (Å²) in [7, 11) is 2.17. The molecule has 0 spiro atoms. The smallest absolute Gasteiger partial charge is 0.133 e. The van der Waals surface area contributed by atoms with Crippen LogP contribution in [-0.4, -0.2) is 24.6 Å². The van der Waals surface area contributed by atoms with Crippen molar-refractivity contribution in [2.24, 2.45) is 5.92 Å². The molecule has 0 bridgehead atoms. The summed E-state index contributed by atoms with van der Waals surface area (Å²) in [5, 5.41) is 4.75. The fraction of sp³-hybridized carbons (Fsp3) is 0.500. The summed E-state index contributed by atoms with van der Waals surface area (Å²) < 4.78 is 0. The first-order chi connectivity index (χ1) is 10.1. The summed E-state index contributed by atoms with van der Waals surface area (Å²) in [5.41, 5.74) is 2.38. The molecule has 21 heavy (non-hydrogen) atoms. The quantitative estimate of drug-likeness (QED) is 0.878. The molecule has 0 saturated heterocycles. The third-order valence-electron chi connectivity index (χ3n) is 4.07. The molecule has 0 atom stereocenters. The summed E-state index contributed by atoms with van der Waals surface area (Å²) in [5.74, 6) is 2.00. The normalized spacial score (nSPS) is 14.9. The van der Waals surface area contributed by atoms with Crippen molar-refractivity contribution in [2.45, 2.75) is 39.3 Å². The average molecular weight is 283 g/mol. The van der Waals surface area contributed by atoms with Gasteiger partial charge >= 0.3 is 0 Å².